The first-order chi connectivity index (χ1) is 9.63. The van der Waals surface area contributed by atoms with E-state index in [1.54, 1.807) is 18.9 Å². The standard InChI is InChI=1S/C17H21NOS/c1-12-5-10-16(17(11-12)19-3)18-13(2)14-6-8-15(20-4)9-7-14/h5-11,13,18H,1-4H3. The van der Waals surface area contributed by atoms with E-state index in [1.165, 1.54) is 16.0 Å². The van der Waals surface area contributed by atoms with Crippen molar-refractivity contribution in [3.63, 3.8) is 0 Å². The van der Waals surface area contributed by atoms with E-state index in [9.17, 15) is 0 Å². The summed E-state index contributed by atoms with van der Waals surface area (Å²) in [5.41, 5.74) is 3.49. The molecule has 106 valence electrons. The first kappa shape index (κ1) is 14.8. The molecule has 0 saturated carbocycles. The van der Waals surface area contributed by atoms with Crippen molar-refractivity contribution in [3.8, 4) is 5.75 Å². The number of rotatable bonds is 5. The second-order valence-corrected chi connectivity index (χ2v) is 5.72. The van der Waals surface area contributed by atoms with Gasteiger partial charge in [-0.3, -0.25) is 0 Å². The zero-order valence-electron chi connectivity index (χ0n) is 12.4. The highest BCUT2D eigenvalue weighted by Gasteiger charge is 2.09. The summed E-state index contributed by atoms with van der Waals surface area (Å²) in [4.78, 5) is 1.29. The Morgan fingerprint density at radius 3 is 2.40 bits per heavy atom. The number of anilines is 1. The molecule has 2 aromatic carbocycles. The normalized spacial score (nSPS) is 12.0. The van der Waals surface area contributed by atoms with Crippen LogP contribution in [0.5, 0.6) is 5.75 Å². The Kier molecular flexibility index (Phi) is 4.96. The molecule has 0 fully saturated rings. The molecule has 0 aliphatic rings. The molecular weight excluding hydrogens is 266 g/mol. The summed E-state index contributed by atoms with van der Waals surface area (Å²) in [5.74, 6) is 0.887. The van der Waals surface area contributed by atoms with Gasteiger partial charge in [0.05, 0.1) is 12.8 Å². The predicted molar refractivity (Wildman–Crippen MR) is 88.0 cm³/mol. The summed E-state index contributed by atoms with van der Waals surface area (Å²) >= 11 is 1.76. The molecule has 3 heteroatoms. The lowest BCUT2D eigenvalue weighted by Gasteiger charge is -2.18. The highest BCUT2D eigenvalue weighted by atomic mass is 32.2. The van der Waals surface area contributed by atoms with Gasteiger partial charge in [0.2, 0.25) is 0 Å². The molecule has 1 atom stereocenters. The van der Waals surface area contributed by atoms with E-state index >= 15 is 0 Å². The maximum absolute atomic E-state index is 5.43. The number of hydrogen-bond donors (Lipinski definition) is 1. The van der Waals surface area contributed by atoms with Gasteiger partial charge in [-0.1, -0.05) is 18.2 Å². The molecule has 20 heavy (non-hydrogen) atoms. The topological polar surface area (TPSA) is 21.3 Å². The summed E-state index contributed by atoms with van der Waals surface area (Å²) in [5, 5.41) is 3.51. The van der Waals surface area contributed by atoms with Gasteiger partial charge < -0.3 is 10.1 Å². The van der Waals surface area contributed by atoms with Gasteiger partial charge in [-0.15, -0.1) is 11.8 Å². The Bertz CT molecular complexity index is 566. The SMILES string of the molecule is COc1cc(C)ccc1NC(C)c1ccc(SC)cc1. The molecule has 0 aliphatic heterocycles. The summed E-state index contributed by atoms with van der Waals surface area (Å²) in [6.45, 7) is 4.23. The zero-order valence-corrected chi connectivity index (χ0v) is 13.3. The lowest BCUT2D eigenvalue weighted by atomic mass is 10.1. The minimum atomic E-state index is 0.238. The quantitative estimate of drug-likeness (QED) is 0.790. The van der Waals surface area contributed by atoms with E-state index < -0.39 is 0 Å². The van der Waals surface area contributed by atoms with Crippen molar-refractivity contribution >= 4 is 17.4 Å². The zero-order chi connectivity index (χ0) is 14.5. The van der Waals surface area contributed by atoms with Crippen LogP contribution in [0.4, 0.5) is 5.69 Å². The molecular formula is C17H21NOS. The molecule has 1 N–H and O–H groups in total. The van der Waals surface area contributed by atoms with Crippen molar-refractivity contribution in [1.82, 2.24) is 0 Å². The lowest BCUT2D eigenvalue weighted by molar-refractivity contribution is 0.416. The molecule has 2 aromatic rings. The average Bonchev–Trinajstić information content (AvgIpc) is 2.49. The number of ether oxygens (including phenoxy) is 1. The third-order valence-corrected chi connectivity index (χ3v) is 4.09. The fourth-order valence-corrected chi connectivity index (χ4v) is 2.54. The van der Waals surface area contributed by atoms with Gasteiger partial charge >= 0.3 is 0 Å². The van der Waals surface area contributed by atoms with Gasteiger partial charge in [0.25, 0.3) is 0 Å². The number of thioether (sulfide) groups is 1. The van der Waals surface area contributed by atoms with Gasteiger partial charge in [0.15, 0.2) is 0 Å². The number of benzene rings is 2. The molecule has 0 saturated heterocycles. The Morgan fingerprint density at radius 2 is 1.80 bits per heavy atom. The molecule has 0 aromatic heterocycles. The van der Waals surface area contributed by atoms with Crippen molar-refractivity contribution in [2.24, 2.45) is 0 Å². The maximum atomic E-state index is 5.43. The van der Waals surface area contributed by atoms with Crippen LogP contribution in [0.15, 0.2) is 47.4 Å². The molecule has 2 rings (SSSR count). The van der Waals surface area contributed by atoms with Crippen LogP contribution in [-0.4, -0.2) is 13.4 Å². The first-order valence-corrected chi connectivity index (χ1v) is 7.91. The van der Waals surface area contributed by atoms with E-state index in [4.69, 9.17) is 4.74 Å². The number of hydrogen-bond acceptors (Lipinski definition) is 3. The average molecular weight is 287 g/mol. The van der Waals surface area contributed by atoms with E-state index in [0.717, 1.165) is 11.4 Å². The van der Waals surface area contributed by atoms with Gasteiger partial charge in [-0.05, 0) is 55.5 Å². The number of nitrogens with one attached hydrogen (secondary N) is 1. The summed E-state index contributed by atoms with van der Waals surface area (Å²) < 4.78 is 5.43. The smallest absolute Gasteiger partial charge is 0.142 e. The largest absolute Gasteiger partial charge is 0.495 e. The van der Waals surface area contributed by atoms with Crippen molar-refractivity contribution in [3.05, 3.63) is 53.6 Å². The van der Waals surface area contributed by atoms with Crippen LogP contribution >= 0.6 is 11.8 Å². The molecule has 0 aliphatic carbocycles. The van der Waals surface area contributed by atoms with Gasteiger partial charge in [0.1, 0.15) is 5.75 Å². The molecule has 0 bridgehead atoms. The van der Waals surface area contributed by atoms with Crippen LogP contribution in [0, 0.1) is 6.92 Å². The van der Waals surface area contributed by atoms with E-state index in [0.29, 0.717) is 0 Å². The van der Waals surface area contributed by atoms with Gasteiger partial charge in [0, 0.05) is 10.9 Å². The van der Waals surface area contributed by atoms with E-state index in [2.05, 4.69) is 61.8 Å². The van der Waals surface area contributed by atoms with Crippen LogP contribution < -0.4 is 10.1 Å². The Balaban J connectivity index is 2.16. The highest BCUT2D eigenvalue weighted by Crippen LogP contribution is 2.29. The molecule has 1 unspecified atom stereocenters. The second-order valence-electron chi connectivity index (χ2n) is 4.84. The van der Waals surface area contributed by atoms with Crippen molar-refractivity contribution in [2.45, 2.75) is 24.8 Å². The van der Waals surface area contributed by atoms with Crippen molar-refractivity contribution < 1.29 is 4.74 Å². The Morgan fingerprint density at radius 1 is 1.10 bits per heavy atom. The second kappa shape index (κ2) is 6.71. The highest BCUT2D eigenvalue weighted by molar-refractivity contribution is 7.98. The minimum absolute atomic E-state index is 0.238. The summed E-state index contributed by atoms with van der Waals surface area (Å²) in [6, 6.07) is 15.1. The van der Waals surface area contributed by atoms with Gasteiger partial charge in [-0.25, -0.2) is 0 Å². The van der Waals surface area contributed by atoms with E-state index in [-0.39, 0.29) is 6.04 Å². The van der Waals surface area contributed by atoms with Crippen molar-refractivity contribution in [1.29, 1.82) is 0 Å². The van der Waals surface area contributed by atoms with Gasteiger partial charge in [-0.2, -0.15) is 0 Å². The predicted octanol–water partition coefficient (Wildman–Crippen LogP) is 4.90. The fourth-order valence-electron chi connectivity index (χ4n) is 2.13. The molecule has 2 nitrogen and oxygen atoms in total. The molecule has 0 radical (unpaired) electrons. The minimum Gasteiger partial charge on any atom is -0.495 e. The van der Waals surface area contributed by atoms with E-state index in [1.807, 2.05) is 6.07 Å². The Labute approximate surface area is 125 Å². The molecule has 0 amide bonds. The van der Waals surface area contributed by atoms with Crippen LogP contribution in [0.25, 0.3) is 0 Å². The van der Waals surface area contributed by atoms with Crippen LogP contribution in [0.2, 0.25) is 0 Å². The Hall–Kier alpha value is -1.61. The lowest BCUT2D eigenvalue weighted by Crippen LogP contribution is -2.07. The van der Waals surface area contributed by atoms with Crippen LogP contribution in [-0.2, 0) is 0 Å². The summed E-state index contributed by atoms with van der Waals surface area (Å²) in [7, 11) is 1.71. The summed E-state index contributed by atoms with van der Waals surface area (Å²) in [6.07, 6.45) is 2.09. The maximum Gasteiger partial charge on any atom is 0.142 e. The third kappa shape index (κ3) is 3.48. The number of aryl methyl sites for hydroxylation is 1. The molecule has 0 spiro atoms. The molecule has 0 heterocycles. The van der Waals surface area contributed by atoms with Crippen molar-refractivity contribution in [2.75, 3.05) is 18.7 Å². The first-order valence-electron chi connectivity index (χ1n) is 6.69. The third-order valence-electron chi connectivity index (χ3n) is 3.34. The fraction of sp³-hybridized carbons (Fsp3) is 0.294. The monoisotopic (exact) mass is 287 g/mol. The van der Waals surface area contributed by atoms with Crippen LogP contribution in [0.1, 0.15) is 24.1 Å². The number of methoxy groups -OCH3 is 1. The van der Waals surface area contributed by atoms with Crippen LogP contribution in [0.3, 0.4) is 0 Å².